The van der Waals surface area contributed by atoms with E-state index in [2.05, 4.69) is 5.32 Å². The number of nitrogens with one attached hydrogen (secondary N) is 1. The maximum atomic E-state index is 13.8. The Labute approximate surface area is 165 Å². The summed E-state index contributed by atoms with van der Waals surface area (Å²) in [5, 5.41) is 2.55. The van der Waals surface area contributed by atoms with E-state index in [-0.39, 0.29) is 5.56 Å². The van der Waals surface area contributed by atoms with Crippen LogP contribution in [0.4, 0.5) is 14.5 Å². The Morgan fingerprint density at radius 1 is 0.964 bits per heavy atom. The molecule has 0 aromatic heterocycles. The number of carbonyl (C=O) groups is 1. The molecule has 144 valence electrons. The van der Waals surface area contributed by atoms with Gasteiger partial charge >= 0.3 is 0 Å². The number of hydrogen-bond donors (Lipinski definition) is 1. The Hall–Kier alpha value is -2.74. The lowest BCUT2D eigenvalue weighted by molar-refractivity contribution is 0.102. The molecule has 3 aromatic rings. The summed E-state index contributed by atoms with van der Waals surface area (Å²) in [7, 11) is 3.47. The van der Waals surface area contributed by atoms with Crippen LogP contribution >= 0.6 is 0 Å². The molecule has 1 atom stereocenters. The van der Waals surface area contributed by atoms with Crippen molar-refractivity contribution < 1.29 is 18.1 Å². The molecule has 0 aliphatic rings. The van der Waals surface area contributed by atoms with Crippen LogP contribution in [0.5, 0.6) is 0 Å². The summed E-state index contributed by atoms with van der Waals surface area (Å²) in [5.74, 6) is -3.00. The van der Waals surface area contributed by atoms with Crippen molar-refractivity contribution in [1.29, 1.82) is 0 Å². The molecule has 4 nitrogen and oxygen atoms in total. The van der Waals surface area contributed by atoms with Gasteiger partial charge in [0.25, 0.3) is 5.91 Å². The molecule has 0 saturated heterocycles. The Morgan fingerprint density at radius 3 is 2.32 bits per heavy atom. The van der Waals surface area contributed by atoms with Crippen LogP contribution in [-0.4, -0.2) is 28.9 Å². The minimum atomic E-state index is -1.31. The highest BCUT2D eigenvalue weighted by Gasteiger charge is 2.20. The molecule has 0 aliphatic heterocycles. The monoisotopic (exact) mass is 400 g/mol. The van der Waals surface area contributed by atoms with Gasteiger partial charge in [-0.1, -0.05) is 30.3 Å². The SMILES string of the molecule is CN(C)[S+]([O-])c1ccccc1-c1ccc(NC(=O)c2cccc(F)c2F)cc1. The van der Waals surface area contributed by atoms with E-state index >= 15 is 0 Å². The minimum Gasteiger partial charge on any atom is -0.593 e. The van der Waals surface area contributed by atoms with Gasteiger partial charge in [-0.15, -0.1) is 4.31 Å². The van der Waals surface area contributed by atoms with E-state index in [1.807, 2.05) is 18.2 Å². The van der Waals surface area contributed by atoms with Crippen LogP contribution in [0.1, 0.15) is 10.4 Å². The molecule has 3 rings (SSSR count). The number of rotatable bonds is 5. The van der Waals surface area contributed by atoms with E-state index in [0.717, 1.165) is 17.2 Å². The molecular formula is C21H18F2N2O2S. The second kappa shape index (κ2) is 8.52. The highest BCUT2D eigenvalue weighted by atomic mass is 32.2. The maximum absolute atomic E-state index is 13.8. The summed E-state index contributed by atoms with van der Waals surface area (Å²) in [6.45, 7) is 0. The Kier molecular flexibility index (Phi) is 6.08. The van der Waals surface area contributed by atoms with Crippen LogP contribution in [0.3, 0.4) is 0 Å². The highest BCUT2D eigenvalue weighted by molar-refractivity contribution is 7.89. The molecule has 0 bridgehead atoms. The number of nitrogens with zero attached hydrogens (tertiary/aromatic N) is 1. The molecule has 0 spiro atoms. The van der Waals surface area contributed by atoms with Crippen molar-refractivity contribution >= 4 is 23.0 Å². The number of hydrogen-bond acceptors (Lipinski definition) is 3. The van der Waals surface area contributed by atoms with E-state index in [9.17, 15) is 18.1 Å². The lowest BCUT2D eigenvalue weighted by Gasteiger charge is -2.18. The molecule has 0 saturated carbocycles. The molecule has 0 radical (unpaired) electrons. The van der Waals surface area contributed by atoms with E-state index < -0.39 is 28.9 Å². The fourth-order valence-corrected chi connectivity index (χ4v) is 3.63. The van der Waals surface area contributed by atoms with Gasteiger partial charge in [0, 0.05) is 25.3 Å². The topological polar surface area (TPSA) is 55.4 Å². The van der Waals surface area contributed by atoms with Crippen LogP contribution in [0.15, 0.2) is 71.6 Å². The molecule has 0 fully saturated rings. The number of halogens is 2. The minimum absolute atomic E-state index is 0.365. The van der Waals surface area contributed by atoms with Crippen LogP contribution in [-0.2, 0) is 11.4 Å². The molecule has 1 N–H and O–H groups in total. The van der Waals surface area contributed by atoms with E-state index in [0.29, 0.717) is 10.6 Å². The highest BCUT2D eigenvalue weighted by Crippen LogP contribution is 2.29. The second-order valence-corrected chi connectivity index (χ2v) is 7.86. The quantitative estimate of drug-likeness (QED) is 0.643. The van der Waals surface area contributed by atoms with Gasteiger partial charge in [0.1, 0.15) is 0 Å². The van der Waals surface area contributed by atoms with Gasteiger partial charge in [-0.05, 0) is 42.0 Å². The fraction of sp³-hybridized carbons (Fsp3) is 0.0952. The Balaban J connectivity index is 1.83. The average molecular weight is 400 g/mol. The predicted octanol–water partition coefficient (Wildman–Crippen LogP) is 4.47. The molecular weight excluding hydrogens is 382 g/mol. The molecule has 0 heterocycles. The molecule has 3 aromatic carbocycles. The maximum Gasteiger partial charge on any atom is 0.258 e. The van der Waals surface area contributed by atoms with Crippen LogP contribution in [0.2, 0.25) is 0 Å². The van der Waals surface area contributed by atoms with Gasteiger partial charge in [-0.2, -0.15) is 0 Å². The molecule has 28 heavy (non-hydrogen) atoms. The van der Waals surface area contributed by atoms with Crippen molar-refractivity contribution in [3.05, 3.63) is 83.9 Å². The van der Waals surface area contributed by atoms with Crippen LogP contribution in [0, 0.1) is 11.6 Å². The van der Waals surface area contributed by atoms with Gasteiger partial charge in [0.05, 0.1) is 16.9 Å². The van der Waals surface area contributed by atoms with Gasteiger partial charge < -0.3 is 9.87 Å². The zero-order chi connectivity index (χ0) is 20.3. The summed E-state index contributed by atoms with van der Waals surface area (Å²) in [6.07, 6.45) is 0. The third-order valence-corrected chi connectivity index (χ3v) is 5.45. The molecule has 0 aliphatic carbocycles. The van der Waals surface area contributed by atoms with Gasteiger partial charge in [0.15, 0.2) is 16.5 Å². The van der Waals surface area contributed by atoms with Crippen molar-refractivity contribution in [3.63, 3.8) is 0 Å². The first-order valence-electron chi connectivity index (χ1n) is 8.42. The summed E-state index contributed by atoms with van der Waals surface area (Å²) in [4.78, 5) is 12.9. The van der Waals surface area contributed by atoms with Gasteiger partial charge in [-0.3, -0.25) is 4.79 Å². The van der Waals surface area contributed by atoms with E-state index in [1.54, 1.807) is 48.7 Å². The third kappa shape index (κ3) is 4.22. The smallest absolute Gasteiger partial charge is 0.258 e. The van der Waals surface area contributed by atoms with Gasteiger partial charge in [-0.25, -0.2) is 8.78 Å². The van der Waals surface area contributed by atoms with Crippen LogP contribution < -0.4 is 5.32 Å². The lowest BCUT2D eigenvalue weighted by atomic mass is 10.1. The first-order valence-corrected chi connectivity index (χ1v) is 9.53. The standard InChI is InChI=1S/C21H18F2N2O2S/c1-25(2)28(27)19-9-4-3-6-16(19)14-10-12-15(13-11-14)24-21(26)17-7-5-8-18(22)20(17)23/h3-13H,1-2H3,(H,24,26). The largest absolute Gasteiger partial charge is 0.593 e. The van der Waals surface area contributed by atoms with Crippen molar-refractivity contribution in [2.75, 3.05) is 19.4 Å². The van der Waals surface area contributed by atoms with Crippen LogP contribution in [0.25, 0.3) is 11.1 Å². The summed E-state index contributed by atoms with van der Waals surface area (Å²) in [5.41, 5.74) is 1.70. The fourth-order valence-electron chi connectivity index (χ4n) is 2.66. The van der Waals surface area contributed by atoms with Crippen molar-refractivity contribution in [3.8, 4) is 11.1 Å². The first-order chi connectivity index (χ1) is 13.4. The zero-order valence-electron chi connectivity index (χ0n) is 15.3. The number of carbonyl (C=O) groups excluding carboxylic acids is 1. The van der Waals surface area contributed by atoms with Gasteiger partial charge in [0.2, 0.25) is 0 Å². The number of amides is 1. The average Bonchev–Trinajstić information content (AvgIpc) is 2.70. The zero-order valence-corrected chi connectivity index (χ0v) is 16.1. The first kappa shape index (κ1) is 20.0. The van der Waals surface area contributed by atoms with Crippen molar-refractivity contribution in [2.24, 2.45) is 0 Å². The Morgan fingerprint density at radius 2 is 1.64 bits per heavy atom. The third-order valence-electron chi connectivity index (χ3n) is 4.06. The number of anilines is 1. The summed E-state index contributed by atoms with van der Waals surface area (Å²) >= 11 is -1.31. The van der Waals surface area contributed by atoms with Crippen molar-refractivity contribution in [2.45, 2.75) is 4.90 Å². The second-order valence-electron chi connectivity index (χ2n) is 6.19. The summed E-state index contributed by atoms with van der Waals surface area (Å²) in [6, 6.07) is 17.6. The van der Waals surface area contributed by atoms with E-state index in [4.69, 9.17) is 0 Å². The van der Waals surface area contributed by atoms with Crippen molar-refractivity contribution in [1.82, 2.24) is 4.31 Å². The molecule has 1 amide bonds. The molecule has 7 heteroatoms. The Bertz CT molecular complexity index is 994. The van der Waals surface area contributed by atoms with E-state index in [1.165, 1.54) is 12.1 Å². The lowest BCUT2D eigenvalue weighted by Crippen LogP contribution is -2.22. The normalized spacial score (nSPS) is 12.1. The molecule has 1 unspecified atom stereocenters. The predicted molar refractivity (Wildman–Crippen MR) is 106 cm³/mol. The summed E-state index contributed by atoms with van der Waals surface area (Å²) < 4.78 is 41.1. The number of benzene rings is 3.